The van der Waals surface area contributed by atoms with E-state index in [1.165, 1.54) is 25.1 Å². The fourth-order valence-electron chi connectivity index (χ4n) is 3.76. The van der Waals surface area contributed by atoms with E-state index in [1.54, 1.807) is 42.5 Å². The zero-order valence-electron chi connectivity index (χ0n) is 21.0. The predicted molar refractivity (Wildman–Crippen MR) is 144 cm³/mol. The van der Waals surface area contributed by atoms with Crippen molar-refractivity contribution in [1.29, 1.82) is 0 Å². The third-order valence-electron chi connectivity index (χ3n) is 5.51. The average Bonchev–Trinajstić information content (AvgIpc) is 2.85. The van der Waals surface area contributed by atoms with E-state index < -0.39 is 26.7 Å². The van der Waals surface area contributed by atoms with Crippen LogP contribution in [0.15, 0.2) is 75.8 Å². The first kappa shape index (κ1) is 30.8. The van der Waals surface area contributed by atoms with Crippen LogP contribution in [0.2, 0.25) is 10.0 Å². The number of azo groups is 1. The molecule has 0 saturated heterocycles. The minimum Gasteiger partial charge on any atom is -0.870 e. The Labute approximate surface area is 256 Å². The van der Waals surface area contributed by atoms with Gasteiger partial charge in [0.05, 0.1) is 28.0 Å². The van der Waals surface area contributed by atoms with Crippen LogP contribution in [-0.2, 0) is 10.1 Å². The number of hydrogen-bond donors (Lipinski definition) is 2. The number of hydrogen-bond acceptors (Lipinski definition) is 7. The number of carbonyl (C=O) groups excluding carboxylic acids is 1. The Morgan fingerprint density at radius 2 is 1.79 bits per heavy atom. The van der Waals surface area contributed by atoms with E-state index in [2.05, 4.69) is 15.5 Å². The number of fused-ring (bicyclic) bond motifs is 1. The molecule has 0 spiro atoms. The van der Waals surface area contributed by atoms with Gasteiger partial charge < -0.3 is 15.2 Å². The molecule has 1 amide bonds. The van der Waals surface area contributed by atoms with Crippen LogP contribution >= 0.6 is 23.2 Å². The number of nitrogens with one attached hydrogen (secondary N) is 1. The molecule has 0 aliphatic heterocycles. The molecule has 0 bridgehead atoms. The molecule has 0 aliphatic rings. The number of anilines is 1. The van der Waals surface area contributed by atoms with Crippen molar-refractivity contribution in [3.63, 3.8) is 0 Å². The maximum absolute atomic E-state index is 13.4. The number of carbonyl (C=O) groups is 1. The van der Waals surface area contributed by atoms with Crippen molar-refractivity contribution in [2.24, 2.45) is 10.2 Å². The van der Waals surface area contributed by atoms with Crippen molar-refractivity contribution >= 4 is 67.1 Å². The summed E-state index contributed by atoms with van der Waals surface area (Å²) in [5.74, 6) is -0.907. The Bertz CT molecular complexity index is 1710. The summed E-state index contributed by atoms with van der Waals surface area (Å²) < 4.78 is 38.4. The van der Waals surface area contributed by atoms with Crippen LogP contribution in [0.5, 0.6) is 11.5 Å². The first-order valence-electron chi connectivity index (χ1n) is 11.2. The van der Waals surface area contributed by atoms with E-state index in [0.717, 1.165) is 0 Å². The molecule has 0 fully saturated rings. The molecule has 4 aromatic rings. The average molecular weight is 596 g/mol. The molecule has 196 valence electrons. The topological polar surface area (TPSA) is 140 Å². The van der Waals surface area contributed by atoms with Crippen LogP contribution in [0, 0.1) is 6.92 Å². The van der Waals surface area contributed by atoms with Gasteiger partial charge in [-0.3, -0.25) is 9.35 Å². The van der Waals surface area contributed by atoms with Gasteiger partial charge in [0.25, 0.3) is 16.0 Å². The summed E-state index contributed by atoms with van der Waals surface area (Å²) >= 11 is 12.5. The minimum absolute atomic E-state index is 0. The zero-order valence-corrected chi connectivity index (χ0v) is 25.4. The quantitative estimate of drug-likeness (QED) is 0.189. The normalized spacial score (nSPS) is 11.4. The van der Waals surface area contributed by atoms with E-state index in [-0.39, 0.29) is 67.8 Å². The first-order valence-corrected chi connectivity index (χ1v) is 13.4. The summed E-state index contributed by atoms with van der Waals surface area (Å²) in [7, 11) is -4.64. The van der Waals surface area contributed by atoms with Crippen LogP contribution in [-0.4, -0.2) is 25.5 Å². The molecule has 2 N–H and O–H groups in total. The summed E-state index contributed by atoms with van der Waals surface area (Å²) in [4.78, 5) is 12.6. The van der Waals surface area contributed by atoms with Crippen LogP contribution in [0.25, 0.3) is 10.8 Å². The summed E-state index contributed by atoms with van der Waals surface area (Å²) in [5, 5.41) is 24.9. The second kappa shape index (κ2) is 12.6. The Kier molecular flexibility index (Phi) is 10.0. The van der Waals surface area contributed by atoms with Crippen LogP contribution < -0.4 is 44.7 Å². The van der Waals surface area contributed by atoms with Gasteiger partial charge in [0.2, 0.25) is 0 Å². The van der Waals surface area contributed by atoms with Gasteiger partial charge >= 0.3 is 29.6 Å². The van der Waals surface area contributed by atoms with Crippen molar-refractivity contribution in [3.05, 3.63) is 81.8 Å². The molecular weight excluding hydrogens is 576 g/mol. The van der Waals surface area contributed by atoms with Crippen molar-refractivity contribution in [2.45, 2.75) is 18.7 Å². The van der Waals surface area contributed by atoms with Crippen molar-refractivity contribution in [2.75, 3.05) is 11.9 Å². The monoisotopic (exact) mass is 595 g/mol. The molecule has 4 aromatic carbocycles. The SMILES string of the molecule is CCOc1ccc(NC(=O)c2cc3ccccc3c(N=Nc3ccc(C)c(S(=O)(=O)O)c3Cl)c2[O-])c(Cl)c1.[Na+]. The molecule has 39 heavy (non-hydrogen) atoms. The van der Waals surface area contributed by atoms with Crippen molar-refractivity contribution < 1.29 is 57.2 Å². The standard InChI is InChI=1S/C26H21Cl2N3O6S.Na/c1-3-37-16-9-11-20(19(27)13-16)29-26(33)18-12-15-6-4-5-7-17(15)23(24(18)32)31-30-21-10-8-14(2)25(22(21)28)38(34,35)36;/h4-13,32H,3H2,1-2H3,(H,29,33)(H,34,35,36);/q;+1/p-1. The number of halogens is 2. The minimum atomic E-state index is -4.64. The second-order valence-corrected chi connectivity index (χ2v) is 10.2. The number of benzene rings is 4. The fourth-order valence-corrected chi connectivity index (χ4v) is 5.33. The van der Waals surface area contributed by atoms with E-state index in [4.69, 9.17) is 27.9 Å². The van der Waals surface area contributed by atoms with Crippen molar-refractivity contribution in [1.82, 2.24) is 0 Å². The van der Waals surface area contributed by atoms with Gasteiger partial charge in [-0.1, -0.05) is 59.3 Å². The molecule has 13 heteroatoms. The van der Waals surface area contributed by atoms with Gasteiger partial charge in [-0.05, 0) is 49.1 Å². The fraction of sp³-hybridized carbons (Fsp3) is 0.115. The van der Waals surface area contributed by atoms with Gasteiger partial charge in [-0.15, -0.1) is 5.11 Å². The second-order valence-electron chi connectivity index (χ2n) is 8.07. The van der Waals surface area contributed by atoms with Crippen LogP contribution in [0.3, 0.4) is 0 Å². The predicted octanol–water partition coefficient (Wildman–Crippen LogP) is 3.85. The number of rotatable bonds is 7. The number of nitrogens with zero attached hydrogens (tertiary/aromatic N) is 2. The third kappa shape index (κ3) is 6.72. The summed E-state index contributed by atoms with van der Waals surface area (Å²) in [6, 6.07) is 15.7. The molecule has 0 aliphatic carbocycles. The Morgan fingerprint density at radius 1 is 1.08 bits per heavy atom. The van der Waals surface area contributed by atoms with Gasteiger partial charge in [0, 0.05) is 17.0 Å². The summed E-state index contributed by atoms with van der Waals surface area (Å²) in [5.41, 5.74) is 0.0229. The molecule has 0 radical (unpaired) electrons. The molecule has 9 nitrogen and oxygen atoms in total. The van der Waals surface area contributed by atoms with Crippen LogP contribution in [0.1, 0.15) is 22.8 Å². The van der Waals surface area contributed by atoms with E-state index in [0.29, 0.717) is 23.1 Å². The number of ether oxygens (including phenoxy) is 1. The molecule has 0 heterocycles. The summed E-state index contributed by atoms with van der Waals surface area (Å²) in [6.45, 7) is 3.73. The molecule has 0 aromatic heterocycles. The maximum Gasteiger partial charge on any atom is 1.00 e. The first-order chi connectivity index (χ1) is 18.0. The Balaban J connectivity index is 0.00000420. The van der Waals surface area contributed by atoms with E-state index in [9.17, 15) is 22.9 Å². The smallest absolute Gasteiger partial charge is 0.870 e. The Hall–Kier alpha value is -2.70. The number of aryl methyl sites for hydroxylation is 1. The van der Waals surface area contributed by atoms with Crippen LogP contribution in [0.4, 0.5) is 17.1 Å². The Morgan fingerprint density at radius 3 is 2.46 bits per heavy atom. The van der Waals surface area contributed by atoms with Gasteiger partial charge in [0.15, 0.2) is 0 Å². The van der Waals surface area contributed by atoms with Gasteiger partial charge in [-0.2, -0.15) is 13.5 Å². The maximum atomic E-state index is 13.4. The molecule has 0 saturated carbocycles. The van der Waals surface area contributed by atoms with E-state index in [1.807, 2.05) is 6.92 Å². The van der Waals surface area contributed by atoms with E-state index >= 15 is 0 Å². The molecule has 4 rings (SSSR count). The zero-order chi connectivity index (χ0) is 27.6. The van der Waals surface area contributed by atoms with Crippen molar-refractivity contribution in [3.8, 4) is 11.5 Å². The van der Waals surface area contributed by atoms with Gasteiger partial charge in [-0.25, -0.2) is 0 Å². The molecule has 0 atom stereocenters. The largest absolute Gasteiger partial charge is 1.00 e. The summed E-state index contributed by atoms with van der Waals surface area (Å²) in [6.07, 6.45) is 0. The third-order valence-corrected chi connectivity index (χ3v) is 7.36. The van der Waals surface area contributed by atoms with Gasteiger partial charge in [0.1, 0.15) is 16.3 Å². The molecule has 0 unspecified atom stereocenters. The molecular formula is C26H20Cl2N3NaO6S. The number of amides is 1.